The molecular formula is C14H20FNO3. The minimum atomic E-state index is -0.297. The Hall–Kier alpha value is -1.62. The van der Waals surface area contributed by atoms with Gasteiger partial charge >= 0.3 is 5.97 Å². The summed E-state index contributed by atoms with van der Waals surface area (Å²) in [6.45, 7) is 3.23. The van der Waals surface area contributed by atoms with E-state index < -0.39 is 0 Å². The Kier molecular flexibility index (Phi) is 6.29. The zero-order valence-electron chi connectivity index (χ0n) is 11.6. The van der Waals surface area contributed by atoms with E-state index in [1.165, 1.54) is 12.1 Å². The number of halogens is 1. The predicted molar refractivity (Wildman–Crippen MR) is 70.5 cm³/mol. The van der Waals surface area contributed by atoms with Gasteiger partial charge < -0.3 is 14.4 Å². The number of hydrogen-bond donors (Lipinski definition) is 0. The van der Waals surface area contributed by atoms with Crippen molar-refractivity contribution in [3.8, 4) is 5.75 Å². The van der Waals surface area contributed by atoms with Gasteiger partial charge in [0.1, 0.15) is 11.6 Å². The van der Waals surface area contributed by atoms with E-state index in [0.29, 0.717) is 31.9 Å². The normalized spacial score (nSPS) is 10.6. The summed E-state index contributed by atoms with van der Waals surface area (Å²) in [5.41, 5.74) is 0.758. The molecule has 0 heterocycles. The molecule has 0 atom stereocenters. The molecule has 0 fully saturated rings. The highest BCUT2D eigenvalue weighted by Gasteiger charge is 2.09. The topological polar surface area (TPSA) is 38.8 Å². The Balaban J connectivity index is 2.54. The van der Waals surface area contributed by atoms with E-state index in [1.54, 1.807) is 20.1 Å². The lowest BCUT2D eigenvalue weighted by atomic mass is 10.2. The van der Waals surface area contributed by atoms with E-state index in [2.05, 4.69) is 0 Å². The number of esters is 1. The number of methoxy groups -OCH3 is 1. The van der Waals surface area contributed by atoms with Crippen molar-refractivity contribution in [1.82, 2.24) is 4.90 Å². The highest BCUT2D eigenvalue weighted by molar-refractivity contribution is 5.69. The van der Waals surface area contributed by atoms with Gasteiger partial charge in [-0.1, -0.05) is 0 Å². The van der Waals surface area contributed by atoms with Gasteiger partial charge in [-0.2, -0.15) is 0 Å². The molecule has 0 saturated carbocycles. The van der Waals surface area contributed by atoms with Crippen molar-refractivity contribution >= 4 is 5.97 Å². The van der Waals surface area contributed by atoms with Crippen LogP contribution in [0.5, 0.6) is 5.75 Å². The summed E-state index contributed by atoms with van der Waals surface area (Å²) >= 11 is 0. The van der Waals surface area contributed by atoms with Gasteiger partial charge in [-0.15, -0.1) is 0 Å². The predicted octanol–water partition coefficient (Wildman–Crippen LogP) is 2.22. The summed E-state index contributed by atoms with van der Waals surface area (Å²) in [5.74, 6) is 0.125. The highest BCUT2D eigenvalue weighted by Crippen LogP contribution is 2.20. The van der Waals surface area contributed by atoms with Crippen LogP contribution in [0.2, 0.25) is 0 Å². The number of benzene rings is 1. The molecule has 5 heteroatoms. The molecule has 19 heavy (non-hydrogen) atoms. The van der Waals surface area contributed by atoms with Crippen LogP contribution in [-0.4, -0.2) is 38.2 Å². The quantitative estimate of drug-likeness (QED) is 0.711. The van der Waals surface area contributed by atoms with E-state index in [-0.39, 0.29) is 11.8 Å². The fourth-order valence-corrected chi connectivity index (χ4v) is 1.76. The highest BCUT2D eigenvalue weighted by atomic mass is 19.1. The number of hydrogen-bond acceptors (Lipinski definition) is 4. The summed E-state index contributed by atoms with van der Waals surface area (Å²) in [6, 6.07) is 4.41. The molecule has 0 N–H and O–H groups in total. The van der Waals surface area contributed by atoms with Gasteiger partial charge in [-0.25, -0.2) is 4.39 Å². The molecule has 0 radical (unpaired) electrons. The molecule has 4 nitrogen and oxygen atoms in total. The summed E-state index contributed by atoms with van der Waals surface area (Å²) in [5, 5.41) is 0. The van der Waals surface area contributed by atoms with Crippen molar-refractivity contribution in [3.05, 3.63) is 29.6 Å². The van der Waals surface area contributed by atoms with Gasteiger partial charge in [0.2, 0.25) is 0 Å². The molecule has 1 aromatic rings. The van der Waals surface area contributed by atoms with Crippen LogP contribution in [-0.2, 0) is 16.1 Å². The average molecular weight is 269 g/mol. The van der Waals surface area contributed by atoms with Gasteiger partial charge in [0.05, 0.1) is 20.1 Å². The maximum absolute atomic E-state index is 13.2. The molecular weight excluding hydrogens is 249 g/mol. The molecule has 1 aromatic carbocycles. The SMILES string of the molecule is CCOC(=O)CCN(C)Cc1cc(F)ccc1OC. The summed E-state index contributed by atoms with van der Waals surface area (Å²) in [4.78, 5) is 13.2. The number of nitrogens with zero attached hydrogens (tertiary/aromatic N) is 1. The van der Waals surface area contributed by atoms with Gasteiger partial charge in [0.25, 0.3) is 0 Å². The largest absolute Gasteiger partial charge is 0.496 e. The number of carbonyl (C=O) groups is 1. The number of rotatable bonds is 7. The average Bonchev–Trinajstić information content (AvgIpc) is 2.37. The van der Waals surface area contributed by atoms with Crippen LogP contribution < -0.4 is 4.74 Å². The van der Waals surface area contributed by atoms with Gasteiger partial charge in [-0.05, 0) is 32.2 Å². The minimum absolute atomic E-state index is 0.222. The lowest BCUT2D eigenvalue weighted by Crippen LogP contribution is -2.22. The van der Waals surface area contributed by atoms with Crippen molar-refractivity contribution < 1.29 is 18.7 Å². The monoisotopic (exact) mass is 269 g/mol. The summed E-state index contributed by atoms with van der Waals surface area (Å²) in [6.07, 6.45) is 0.321. The fraction of sp³-hybridized carbons (Fsp3) is 0.500. The number of ether oxygens (including phenoxy) is 2. The molecule has 0 amide bonds. The third kappa shape index (κ3) is 5.26. The van der Waals surface area contributed by atoms with E-state index in [1.807, 2.05) is 11.9 Å². The van der Waals surface area contributed by atoms with E-state index in [9.17, 15) is 9.18 Å². The second kappa shape index (κ2) is 7.74. The maximum Gasteiger partial charge on any atom is 0.307 e. The molecule has 0 bridgehead atoms. The second-order valence-electron chi connectivity index (χ2n) is 4.25. The van der Waals surface area contributed by atoms with Crippen LogP contribution in [0.25, 0.3) is 0 Å². The van der Waals surface area contributed by atoms with Gasteiger partial charge in [0, 0.05) is 18.7 Å². The van der Waals surface area contributed by atoms with Crippen molar-refractivity contribution in [2.24, 2.45) is 0 Å². The molecule has 0 saturated heterocycles. The zero-order valence-corrected chi connectivity index (χ0v) is 11.6. The molecule has 0 spiro atoms. The van der Waals surface area contributed by atoms with Gasteiger partial charge in [0.15, 0.2) is 0 Å². The lowest BCUT2D eigenvalue weighted by Gasteiger charge is -2.18. The third-order valence-corrected chi connectivity index (χ3v) is 2.69. The van der Waals surface area contributed by atoms with Gasteiger partial charge in [-0.3, -0.25) is 4.79 Å². The summed E-state index contributed by atoms with van der Waals surface area (Å²) < 4.78 is 23.2. The van der Waals surface area contributed by atoms with E-state index >= 15 is 0 Å². The Morgan fingerprint density at radius 3 is 2.79 bits per heavy atom. The second-order valence-corrected chi connectivity index (χ2v) is 4.25. The molecule has 1 rings (SSSR count). The lowest BCUT2D eigenvalue weighted by molar-refractivity contribution is -0.143. The van der Waals surface area contributed by atoms with Crippen molar-refractivity contribution in [2.45, 2.75) is 19.9 Å². The molecule has 0 unspecified atom stereocenters. The molecule has 0 aliphatic heterocycles. The zero-order chi connectivity index (χ0) is 14.3. The third-order valence-electron chi connectivity index (χ3n) is 2.69. The van der Waals surface area contributed by atoms with Crippen molar-refractivity contribution in [3.63, 3.8) is 0 Å². The van der Waals surface area contributed by atoms with E-state index in [0.717, 1.165) is 5.56 Å². The maximum atomic E-state index is 13.2. The standard InChI is InChI=1S/C14H20FNO3/c1-4-19-14(17)7-8-16(2)10-11-9-12(15)5-6-13(11)18-3/h5-6,9H,4,7-8,10H2,1-3H3. The van der Waals surface area contributed by atoms with Crippen molar-refractivity contribution in [1.29, 1.82) is 0 Å². The molecule has 0 aliphatic carbocycles. The van der Waals surface area contributed by atoms with Crippen LogP contribution >= 0.6 is 0 Å². The molecule has 106 valence electrons. The first-order chi connectivity index (χ1) is 9.06. The number of carbonyl (C=O) groups excluding carboxylic acids is 1. The summed E-state index contributed by atoms with van der Waals surface area (Å²) in [7, 11) is 3.42. The van der Waals surface area contributed by atoms with Crippen LogP contribution in [0.1, 0.15) is 18.9 Å². The van der Waals surface area contributed by atoms with Crippen LogP contribution in [0.4, 0.5) is 4.39 Å². The first kappa shape index (κ1) is 15.4. The fourth-order valence-electron chi connectivity index (χ4n) is 1.76. The Morgan fingerprint density at radius 2 is 2.16 bits per heavy atom. The molecule has 0 aliphatic rings. The van der Waals surface area contributed by atoms with E-state index in [4.69, 9.17) is 9.47 Å². The first-order valence-electron chi connectivity index (χ1n) is 6.23. The molecule has 0 aromatic heterocycles. The van der Waals surface area contributed by atoms with Crippen molar-refractivity contribution in [2.75, 3.05) is 27.3 Å². The Morgan fingerprint density at radius 1 is 1.42 bits per heavy atom. The van der Waals surface area contributed by atoms with Crippen LogP contribution in [0.3, 0.4) is 0 Å². The van der Waals surface area contributed by atoms with Crippen LogP contribution in [0, 0.1) is 5.82 Å². The van der Waals surface area contributed by atoms with Crippen LogP contribution in [0.15, 0.2) is 18.2 Å². The Labute approximate surface area is 113 Å². The minimum Gasteiger partial charge on any atom is -0.496 e. The first-order valence-corrected chi connectivity index (χ1v) is 6.23. The Bertz CT molecular complexity index is 423. The smallest absolute Gasteiger partial charge is 0.307 e.